The molecule has 4 heteroatoms. The number of H-pyrrole nitrogens is 1. The van der Waals surface area contributed by atoms with E-state index in [2.05, 4.69) is 22.4 Å². The van der Waals surface area contributed by atoms with Gasteiger partial charge >= 0.3 is 0 Å². The van der Waals surface area contributed by atoms with Crippen molar-refractivity contribution < 1.29 is 4.74 Å². The van der Waals surface area contributed by atoms with Crippen LogP contribution in [0, 0.1) is 0 Å². The van der Waals surface area contributed by atoms with E-state index in [4.69, 9.17) is 4.74 Å². The fraction of sp³-hybridized carbons (Fsp3) is 0.700. The fourth-order valence-corrected chi connectivity index (χ4v) is 1.79. The molecule has 0 aliphatic carbocycles. The van der Waals surface area contributed by atoms with Gasteiger partial charge in [-0.1, -0.05) is 0 Å². The van der Waals surface area contributed by atoms with Crippen LogP contribution in [-0.2, 0) is 11.3 Å². The van der Waals surface area contributed by atoms with Crippen molar-refractivity contribution in [3.05, 3.63) is 18.0 Å². The van der Waals surface area contributed by atoms with Gasteiger partial charge in [-0.15, -0.1) is 0 Å². The Balaban J connectivity index is 1.64. The topological polar surface area (TPSA) is 49.9 Å². The average molecular weight is 195 g/mol. The van der Waals surface area contributed by atoms with Gasteiger partial charge in [0.05, 0.1) is 12.2 Å². The molecule has 2 heterocycles. The Morgan fingerprint density at radius 2 is 2.57 bits per heavy atom. The molecule has 1 aliphatic heterocycles. The van der Waals surface area contributed by atoms with Gasteiger partial charge in [-0.25, -0.2) is 0 Å². The molecule has 0 saturated carbocycles. The minimum Gasteiger partial charge on any atom is -0.374 e. The number of aromatic amines is 1. The highest BCUT2D eigenvalue weighted by molar-refractivity contribution is 4.96. The van der Waals surface area contributed by atoms with Crippen molar-refractivity contribution in [1.29, 1.82) is 0 Å². The summed E-state index contributed by atoms with van der Waals surface area (Å²) in [5, 5.41) is 10.2. The van der Waals surface area contributed by atoms with Crippen LogP contribution in [0.4, 0.5) is 0 Å². The maximum atomic E-state index is 5.69. The van der Waals surface area contributed by atoms with Crippen LogP contribution in [0.1, 0.15) is 25.5 Å². The number of nitrogens with zero attached hydrogens (tertiary/aromatic N) is 1. The molecular formula is C10H17N3O. The van der Waals surface area contributed by atoms with E-state index in [0.29, 0.717) is 12.2 Å². The largest absolute Gasteiger partial charge is 0.374 e. The monoisotopic (exact) mass is 195 g/mol. The van der Waals surface area contributed by atoms with Crippen molar-refractivity contribution in [3.63, 3.8) is 0 Å². The zero-order valence-electron chi connectivity index (χ0n) is 8.49. The van der Waals surface area contributed by atoms with E-state index in [-0.39, 0.29) is 0 Å². The lowest BCUT2D eigenvalue weighted by atomic mass is 10.2. The minimum atomic E-state index is 0.396. The molecule has 14 heavy (non-hydrogen) atoms. The molecule has 1 fully saturated rings. The molecule has 0 aromatic carbocycles. The maximum Gasteiger partial charge on any atom is 0.0704 e. The standard InChI is InChI=1S/C10H17N3O/c1-8-2-3-10(14-8)7-11-6-9-4-5-12-13-9/h4-5,8,10-11H,2-3,6-7H2,1H3,(H,12,13). The van der Waals surface area contributed by atoms with Gasteiger partial charge in [0.2, 0.25) is 0 Å². The first-order valence-corrected chi connectivity index (χ1v) is 5.19. The predicted octanol–water partition coefficient (Wildman–Crippen LogP) is 1.07. The van der Waals surface area contributed by atoms with E-state index in [1.54, 1.807) is 6.20 Å². The van der Waals surface area contributed by atoms with Crippen molar-refractivity contribution in [3.8, 4) is 0 Å². The molecule has 1 aromatic rings. The Hall–Kier alpha value is -0.870. The van der Waals surface area contributed by atoms with Crippen LogP contribution < -0.4 is 5.32 Å². The molecule has 1 saturated heterocycles. The maximum absolute atomic E-state index is 5.69. The van der Waals surface area contributed by atoms with Gasteiger partial charge in [0, 0.05) is 25.0 Å². The van der Waals surface area contributed by atoms with Crippen LogP contribution in [0.15, 0.2) is 12.3 Å². The lowest BCUT2D eigenvalue weighted by molar-refractivity contribution is 0.0558. The molecule has 0 bridgehead atoms. The SMILES string of the molecule is CC1CCC(CNCc2ccn[nH]2)O1. The van der Waals surface area contributed by atoms with Crippen LogP contribution in [0.3, 0.4) is 0 Å². The second-order valence-electron chi connectivity index (χ2n) is 3.86. The molecule has 2 rings (SSSR count). The lowest BCUT2D eigenvalue weighted by Gasteiger charge is -2.11. The van der Waals surface area contributed by atoms with E-state index in [1.165, 1.54) is 12.8 Å². The third kappa shape index (κ3) is 2.56. The number of nitrogens with one attached hydrogen (secondary N) is 2. The second kappa shape index (κ2) is 4.57. The van der Waals surface area contributed by atoms with Crippen LogP contribution in [0.2, 0.25) is 0 Å². The van der Waals surface area contributed by atoms with Gasteiger partial charge in [-0.3, -0.25) is 5.10 Å². The first kappa shape index (κ1) is 9.68. The Morgan fingerprint density at radius 1 is 1.64 bits per heavy atom. The summed E-state index contributed by atoms with van der Waals surface area (Å²) in [6, 6.07) is 1.98. The van der Waals surface area contributed by atoms with Crippen molar-refractivity contribution in [2.24, 2.45) is 0 Å². The van der Waals surface area contributed by atoms with Crippen molar-refractivity contribution in [2.75, 3.05) is 6.54 Å². The molecule has 2 N–H and O–H groups in total. The average Bonchev–Trinajstić information content (AvgIpc) is 2.77. The van der Waals surface area contributed by atoms with Crippen LogP contribution in [0.5, 0.6) is 0 Å². The zero-order valence-corrected chi connectivity index (χ0v) is 8.49. The van der Waals surface area contributed by atoms with Gasteiger partial charge < -0.3 is 10.1 Å². The van der Waals surface area contributed by atoms with Gasteiger partial charge in [-0.05, 0) is 25.8 Å². The summed E-state index contributed by atoms with van der Waals surface area (Å²) >= 11 is 0. The fourth-order valence-electron chi connectivity index (χ4n) is 1.79. The van der Waals surface area contributed by atoms with Crippen molar-refractivity contribution >= 4 is 0 Å². The summed E-state index contributed by atoms with van der Waals surface area (Å²) in [7, 11) is 0. The Labute approximate surface area is 84.0 Å². The van der Waals surface area contributed by atoms with Crippen molar-refractivity contribution in [1.82, 2.24) is 15.5 Å². The Morgan fingerprint density at radius 3 is 3.21 bits per heavy atom. The normalized spacial score (nSPS) is 26.9. The summed E-state index contributed by atoms with van der Waals surface area (Å²) in [5.74, 6) is 0. The summed E-state index contributed by atoms with van der Waals surface area (Å²) < 4.78 is 5.69. The highest BCUT2D eigenvalue weighted by atomic mass is 16.5. The minimum absolute atomic E-state index is 0.396. The molecule has 78 valence electrons. The van der Waals surface area contributed by atoms with Crippen LogP contribution in [0.25, 0.3) is 0 Å². The summed E-state index contributed by atoms with van der Waals surface area (Å²) in [4.78, 5) is 0. The van der Waals surface area contributed by atoms with Crippen LogP contribution >= 0.6 is 0 Å². The molecule has 2 atom stereocenters. The van der Waals surface area contributed by atoms with Gasteiger partial charge in [0.1, 0.15) is 0 Å². The Kier molecular flexibility index (Phi) is 3.16. The lowest BCUT2D eigenvalue weighted by Crippen LogP contribution is -2.26. The van der Waals surface area contributed by atoms with Gasteiger partial charge in [0.25, 0.3) is 0 Å². The first-order chi connectivity index (χ1) is 6.84. The highest BCUT2D eigenvalue weighted by Crippen LogP contribution is 2.18. The number of hydrogen-bond donors (Lipinski definition) is 2. The number of hydrogen-bond acceptors (Lipinski definition) is 3. The molecule has 1 aromatic heterocycles. The third-order valence-electron chi connectivity index (χ3n) is 2.57. The second-order valence-corrected chi connectivity index (χ2v) is 3.86. The van der Waals surface area contributed by atoms with E-state index >= 15 is 0 Å². The van der Waals surface area contributed by atoms with Gasteiger partial charge in [-0.2, -0.15) is 5.10 Å². The van der Waals surface area contributed by atoms with Crippen molar-refractivity contribution in [2.45, 2.75) is 38.5 Å². The summed E-state index contributed by atoms with van der Waals surface area (Å²) in [6.07, 6.45) is 4.97. The molecule has 2 unspecified atom stereocenters. The number of ether oxygens (including phenoxy) is 1. The molecule has 0 amide bonds. The highest BCUT2D eigenvalue weighted by Gasteiger charge is 2.20. The van der Waals surface area contributed by atoms with E-state index < -0.39 is 0 Å². The van der Waals surface area contributed by atoms with E-state index in [1.807, 2.05) is 6.07 Å². The molecule has 4 nitrogen and oxygen atoms in total. The third-order valence-corrected chi connectivity index (χ3v) is 2.57. The smallest absolute Gasteiger partial charge is 0.0704 e. The molecular weight excluding hydrogens is 178 g/mol. The first-order valence-electron chi connectivity index (χ1n) is 5.19. The zero-order chi connectivity index (χ0) is 9.80. The van der Waals surface area contributed by atoms with Gasteiger partial charge in [0.15, 0.2) is 0 Å². The van der Waals surface area contributed by atoms with E-state index in [0.717, 1.165) is 18.8 Å². The molecule has 1 aliphatic rings. The predicted molar refractivity (Wildman–Crippen MR) is 53.9 cm³/mol. The molecule has 0 spiro atoms. The quantitative estimate of drug-likeness (QED) is 0.755. The van der Waals surface area contributed by atoms with Crippen LogP contribution in [-0.4, -0.2) is 29.0 Å². The molecule has 0 radical (unpaired) electrons. The summed E-state index contributed by atoms with van der Waals surface area (Å²) in [6.45, 7) is 3.91. The Bertz CT molecular complexity index is 260. The van der Waals surface area contributed by atoms with E-state index in [9.17, 15) is 0 Å². The summed E-state index contributed by atoms with van der Waals surface area (Å²) in [5.41, 5.74) is 1.12. The number of rotatable bonds is 4. The number of aromatic nitrogens is 2.